The first-order valence-corrected chi connectivity index (χ1v) is 7.37. The number of hydrazone groups is 1. The number of anilines is 1. The van der Waals surface area contributed by atoms with Gasteiger partial charge in [0.1, 0.15) is 0 Å². The van der Waals surface area contributed by atoms with E-state index in [0.29, 0.717) is 17.3 Å². The maximum Gasteiger partial charge on any atom is 0.217 e. The van der Waals surface area contributed by atoms with Crippen molar-refractivity contribution in [3.8, 4) is 0 Å². The number of nitrogens with two attached hydrogens (primary N) is 3. The fourth-order valence-corrected chi connectivity index (χ4v) is 1.86. The van der Waals surface area contributed by atoms with Crippen molar-refractivity contribution in [2.75, 3.05) is 11.6 Å². The number of nitrogens with zero attached hydrogens (tertiary/aromatic N) is 3. The Morgan fingerprint density at radius 2 is 1.76 bits per heavy atom. The zero-order valence-corrected chi connectivity index (χ0v) is 13.1. The third-order valence-electron chi connectivity index (χ3n) is 2.79. The minimum Gasteiger partial charge on any atom is -0.369 e. The van der Waals surface area contributed by atoms with Gasteiger partial charge < -0.3 is 17.2 Å². The number of hydrogen-bond donors (Lipinski definition) is 3. The molecule has 0 spiro atoms. The number of halogens is 1. The molecule has 0 bridgehead atoms. The molecule has 0 radical (unpaired) electrons. The molecule has 0 aliphatic carbocycles. The highest BCUT2D eigenvalue weighted by Crippen LogP contribution is 2.18. The van der Waals surface area contributed by atoms with Crippen LogP contribution in [0.1, 0.15) is 32.6 Å². The molecule has 6 N–H and O–H groups in total. The van der Waals surface area contributed by atoms with Gasteiger partial charge in [0.05, 0.1) is 5.69 Å². The number of benzene rings is 1. The highest BCUT2D eigenvalue weighted by Gasteiger charge is 2.10. The molecule has 0 saturated carbocycles. The summed E-state index contributed by atoms with van der Waals surface area (Å²) in [7, 11) is 0. The van der Waals surface area contributed by atoms with Crippen LogP contribution in [0.3, 0.4) is 0 Å². The lowest BCUT2D eigenvalue weighted by Crippen LogP contribution is -2.37. The lowest BCUT2D eigenvalue weighted by Gasteiger charge is -2.18. The van der Waals surface area contributed by atoms with E-state index >= 15 is 0 Å². The van der Waals surface area contributed by atoms with Gasteiger partial charge in [0.15, 0.2) is 0 Å². The molecule has 0 unspecified atom stereocenters. The van der Waals surface area contributed by atoms with Crippen molar-refractivity contribution in [3.05, 3.63) is 29.3 Å². The largest absolute Gasteiger partial charge is 0.369 e. The summed E-state index contributed by atoms with van der Waals surface area (Å²) in [5.41, 5.74) is 17.6. The zero-order valence-electron chi connectivity index (χ0n) is 12.3. The molecule has 0 aromatic heterocycles. The molecule has 1 aromatic carbocycles. The maximum atomic E-state index is 5.98. The van der Waals surface area contributed by atoms with E-state index in [9.17, 15) is 0 Å². The summed E-state index contributed by atoms with van der Waals surface area (Å²) >= 11 is 5.87. The molecule has 0 fully saturated rings. The summed E-state index contributed by atoms with van der Waals surface area (Å²) in [5, 5.41) is 6.03. The van der Waals surface area contributed by atoms with Gasteiger partial charge in [-0.1, -0.05) is 37.8 Å². The van der Waals surface area contributed by atoms with Crippen molar-refractivity contribution in [2.24, 2.45) is 27.3 Å². The molecule has 0 aliphatic heterocycles. The standard InChI is InChI=1S/C14H23ClN6/c1-2-3-4-5-10-19-14(18)21(20-13(16)17)12-8-6-11(15)7-9-12/h6-9H,2-5,10H2,1H3,(H2,18,19)(H4,16,17,20). The fourth-order valence-electron chi connectivity index (χ4n) is 1.74. The lowest BCUT2D eigenvalue weighted by molar-refractivity contribution is 0.674. The Labute approximate surface area is 130 Å². The Balaban J connectivity index is 2.79. The minimum absolute atomic E-state index is 0.0888. The predicted octanol–water partition coefficient (Wildman–Crippen LogP) is 2.23. The highest BCUT2D eigenvalue weighted by atomic mass is 35.5. The second kappa shape index (κ2) is 9.07. The average molecular weight is 311 g/mol. The van der Waals surface area contributed by atoms with Crippen LogP contribution in [-0.4, -0.2) is 18.5 Å². The predicted molar refractivity (Wildman–Crippen MR) is 90.4 cm³/mol. The van der Waals surface area contributed by atoms with Crippen molar-refractivity contribution in [1.29, 1.82) is 0 Å². The smallest absolute Gasteiger partial charge is 0.217 e. The van der Waals surface area contributed by atoms with Crippen LogP contribution < -0.4 is 22.2 Å². The Hall–Kier alpha value is -1.95. The second-order valence-electron chi connectivity index (χ2n) is 4.61. The van der Waals surface area contributed by atoms with Crippen LogP contribution >= 0.6 is 11.6 Å². The fraction of sp³-hybridized carbons (Fsp3) is 0.429. The van der Waals surface area contributed by atoms with E-state index in [0.717, 1.165) is 12.8 Å². The van der Waals surface area contributed by atoms with Gasteiger partial charge in [0.25, 0.3) is 0 Å². The molecule has 0 atom stereocenters. The van der Waals surface area contributed by atoms with Crippen LogP contribution in [0.15, 0.2) is 34.4 Å². The minimum atomic E-state index is -0.0888. The summed E-state index contributed by atoms with van der Waals surface area (Å²) in [5.74, 6) is 0.163. The normalized spacial score (nSPS) is 11.2. The summed E-state index contributed by atoms with van der Waals surface area (Å²) in [6, 6.07) is 7.02. The third-order valence-corrected chi connectivity index (χ3v) is 3.04. The Kier molecular flexibility index (Phi) is 7.39. The van der Waals surface area contributed by atoms with Gasteiger partial charge in [-0.3, -0.25) is 4.99 Å². The van der Waals surface area contributed by atoms with Gasteiger partial charge in [0, 0.05) is 11.6 Å². The number of aliphatic imine (C=N–C) groups is 1. The van der Waals surface area contributed by atoms with Gasteiger partial charge >= 0.3 is 0 Å². The molecule has 0 saturated heterocycles. The quantitative estimate of drug-likeness (QED) is 0.311. The van der Waals surface area contributed by atoms with Crippen LogP contribution in [0.2, 0.25) is 5.02 Å². The number of hydrogen-bond acceptors (Lipinski definition) is 2. The highest BCUT2D eigenvalue weighted by molar-refractivity contribution is 6.30. The molecular weight excluding hydrogens is 288 g/mol. The van der Waals surface area contributed by atoms with Gasteiger partial charge in [-0.2, -0.15) is 5.01 Å². The van der Waals surface area contributed by atoms with E-state index in [1.165, 1.54) is 17.9 Å². The van der Waals surface area contributed by atoms with E-state index in [-0.39, 0.29) is 11.9 Å². The van der Waals surface area contributed by atoms with E-state index in [1.54, 1.807) is 24.3 Å². The molecule has 6 nitrogen and oxygen atoms in total. The van der Waals surface area contributed by atoms with Gasteiger partial charge in [0.2, 0.25) is 11.9 Å². The molecule has 0 heterocycles. The Morgan fingerprint density at radius 3 is 2.33 bits per heavy atom. The van der Waals surface area contributed by atoms with Crippen LogP contribution in [-0.2, 0) is 0 Å². The topological polar surface area (TPSA) is 106 Å². The van der Waals surface area contributed by atoms with E-state index < -0.39 is 0 Å². The van der Waals surface area contributed by atoms with Crippen LogP contribution in [0.5, 0.6) is 0 Å². The molecule has 0 aliphatic rings. The first kappa shape index (κ1) is 17.1. The van der Waals surface area contributed by atoms with E-state index in [1.807, 2.05) is 0 Å². The van der Waals surface area contributed by atoms with Gasteiger partial charge in [-0.05, 0) is 30.7 Å². The van der Waals surface area contributed by atoms with Crippen LogP contribution in [0.25, 0.3) is 0 Å². The summed E-state index contributed by atoms with van der Waals surface area (Å²) < 4.78 is 0. The van der Waals surface area contributed by atoms with Crippen LogP contribution in [0.4, 0.5) is 5.69 Å². The SMILES string of the molecule is CCCCCCN=C(N)N(N=C(N)N)c1ccc(Cl)cc1. The van der Waals surface area contributed by atoms with Crippen molar-refractivity contribution in [2.45, 2.75) is 32.6 Å². The average Bonchev–Trinajstić information content (AvgIpc) is 2.45. The van der Waals surface area contributed by atoms with Crippen molar-refractivity contribution < 1.29 is 0 Å². The first-order valence-electron chi connectivity index (χ1n) is 6.99. The molecule has 0 amide bonds. The van der Waals surface area contributed by atoms with Crippen molar-refractivity contribution >= 4 is 29.2 Å². The van der Waals surface area contributed by atoms with E-state index in [4.69, 9.17) is 28.8 Å². The van der Waals surface area contributed by atoms with Crippen LogP contribution in [0, 0.1) is 0 Å². The number of rotatable bonds is 7. The zero-order chi connectivity index (χ0) is 15.7. The maximum absolute atomic E-state index is 5.98. The molecule has 116 valence electrons. The number of unbranched alkanes of at least 4 members (excludes halogenated alkanes) is 3. The molecule has 1 aromatic rings. The summed E-state index contributed by atoms with van der Waals surface area (Å²) in [4.78, 5) is 4.32. The van der Waals surface area contributed by atoms with Gasteiger partial charge in [-0.25, -0.2) is 0 Å². The third kappa shape index (κ3) is 6.35. The van der Waals surface area contributed by atoms with Crippen molar-refractivity contribution in [3.63, 3.8) is 0 Å². The molecular formula is C14H23ClN6. The van der Waals surface area contributed by atoms with Crippen molar-refractivity contribution in [1.82, 2.24) is 0 Å². The Morgan fingerprint density at radius 1 is 1.10 bits per heavy atom. The lowest BCUT2D eigenvalue weighted by atomic mass is 10.2. The number of guanidine groups is 2. The summed E-state index contributed by atoms with van der Waals surface area (Å²) in [6.07, 6.45) is 4.51. The van der Waals surface area contributed by atoms with Gasteiger partial charge in [-0.15, -0.1) is 5.10 Å². The Bertz CT molecular complexity index is 479. The van der Waals surface area contributed by atoms with E-state index in [2.05, 4.69) is 17.0 Å². The molecule has 7 heteroatoms. The monoisotopic (exact) mass is 310 g/mol. The molecule has 21 heavy (non-hydrogen) atoms. The molecule has 1 rings (SSSR count). The second-order valence-corrected chi connectivity index (χ2v) is 5.05. The first-order chi connectivity index (χ1) is 10.0. The summed E-state index contributed by atoms with van der Waals surface area (Å²) in [6.45, 7) is 2.81.